The molecule has 1 aliphatic rings. The third-order valence-electron chi connectivity index (χ3n) is 1.75. The summed E-state index contributed by atoms with van der Waals surface area (Å²) in [4.78, 5) is 26.9. The maximum absolute atomic E-state index is 11.2. The van der Waals surface area contributed by atoms with Gasteiger partial charge in [-0.15, -0.1) is 6.42 Å². The number of amidine groups is 1. The highest BCUT2D eigenvalue weighted by Crippen LogP contribution is 2.11. The molecule has 0 fully saturated rings. The van der Waals surface area contributed by atoms with Crippen LogP contribution in [0.15, 0.2) is 4.99 Å². The van der Waals surface area contributed by atoms with Crippen molar-refractivity contribution < 1.29 is 14.3 Å². The molecule has 0 radical (unpaired) electrons. The van der Waals surface area contributed by atoms with Crippen LogP contribution in [0.2, 0.25) is 0 Å². The third-order valence-corrected chi connectivity index (χ3v) is 1.75. The number of esters is 1. The van der Waals surface area contributed by atoms with Crippen molar-refractivity contribution >= 4 is 17.8 Å². The number of carbonyl (C=O) groups excluding carboxylic acids is 2. The Balaban J connectivity index is 2.91. The molecule has 0 saturated heterocycles. The Labute approximate surface area is 80.7 Å². The minimum Gasteiger partial charge on any atom is -0.467 e. The van der Waals surface area contributed by atoms with Gasteiger partial charge in [0.25, 0.3) is 0 Å². The molecule has 1 atom stereocenters. The van der Waals surface area contributed by atoms with E-state index in [9.17, 15) is 9.59 Å². The second kappa shape index (κ2) is 3.79. The van der Waals surface area contributed by atoms with E-state index in [-0.39, 0.29) is 12.4 Å². The van der Waals surface area contributed by atoms with E-state index < -0.39 is 18.0 Å². The molecule has 0 saturated carbocycles. The number of urea groups is 1. The molecular formula is C8H9N3O3. The molecule has 0 spiro atoms. The van der Waals surface area contributed by atoms with Crippen molar-refractivity contribution in [3.8, 4) is 12.3 Å². The number of rotatable bonds is 2. The van der Waals surface area contributed by atoms with Crippen LogP contribution in [0, 0.1) is 12.3 Å². The summed E-state index contributed by atoms with van der Waals surface area (Å²) in [5, 5.41) is 0. The molecule has 14 heavy (non-hydrogen) atoms. The number of ether oxygens (including phenoxy) is 1. The van der Waals surface area contributed by atoms with Gasteiger partial charge in [0.15, 0.2) is 6.04 Å². The first-order chi connectivity index (χ1) is 6.61. The van der Waals surface area contributed by atoms with Gasteiger partial charge in [-0.2, -0.15) is 4.99 Å². The predicted molar refractivity (Wildman–Crippen MR) is 48.4 cm³/mol. The van der Waals surface area contributed by atoms with E-state index >= 15 is 0 Å². The maximum Gasteiger partial charge on any atom is 0.347 e. The molecule has 0 aromatic rings. The first-order valence-electron chi connectivity index (χ1n) is 3.77. The lowest BCUT2D eigenvalue weighted by atomic mass is 10.2. The van der Waals surface area contributed by atoms with E-state index in [2.05, 4.69) is 15.6 Å². The molecule has 1 heterocycles. The molecule has 0 aliphatic carbocycles. The van der Waals surface area contributed by atoms with Gasteiger partial charge in [-0.05, 0) is 0 Å². The zero-order valence-corrected chi connectivity index (χ0v) is 7.56. The summed E-state index contributed by atoms with van der Waals surface area (Å²) in [6.45, 7) is -0.0250. The van der Waals surface area contributed by atoms with Crippen LogP contribution in [0.1, 0.15) is 0 Å². The van der Waals surface area contributed by atoms with Crippen LogP contribution in [0.4, 0.5) is 4.79 Å². The van der Waals surface area contributed by atoms with Crippen LogP contribution in [0.3, 0.4) is 0 Å². The second-order valence-electron chi connectivity index (χ2n) is 2.58. The van der Waals surface area contributed by atoms with Gasteiger partial charge in [-0.3, -0.25) is 4.90 Å². The van der Waals surface area contributed by atoms with E-state index in [1.54, 1.807) is 0 Å². The number of hydrogen-bond donors (Lipinski definition) is 1. The molecule has 74 valence electrons. The summed E-state index contributed by atoms with van der Waals surface area (Å²) < 4.78 is 4.47. The van der Waals surface area contributed by atoms with Crippen molar-refractivity contribution in [3.63, 3.8) is 0 Å². The number of hydrogen-bond acceptors (Lipinski definition) is 4. The minimum atomic E-state index is -0.983. The molecule has 0 aromatic carbocycles. The van der Waals surface area contributed by atoms with Gasteiger partial charge in [-0.1, -0.05) is 5.92 Å². The minimum absolute atomic E-state index is 0.0250. The normalized spacial score (nSPS) is 20.3. The number of methoxy groups -OCH3 is 1. The highest BCUT2D eigenvalue weighted by molar-refractivity contribution is 6.13. The molecule has 2 amide bonds. The van der Waals surface area contributed by atoms with E-state index in [1.165, 1.54) is 7.11 Å². The lowest BCUT2D eigenvalue weighted by Gasteiger charge is -2.19. The van der Waals surface area contributed by atoms with Crippen LogP contribution in [0.25, 0.3) is 0 Å². The van der Waals surface area contributed by atoms with E-state index in [4.69, 9.17) is 12.2 Å². The molecule has 0 aromatic heterocycles. The number of nitrogens with two attached hydrogens (primary N) is 1. The Kier molecular flexibility index (Phi) is 2.72. The lowest BCUT2D eigenvalue weighted by molar-refractivity contribution is -0.143. The van der Waals surface area contributed by atoms with Crippen LogP contribution in [-0.4, -0.2) is 42.4 Å². The molecule has 1 rings (SSSR count). The summed E-state index contributed by atoms with van der Waals surface area (Å²) in [6, 6.07) is -1.60. The van der Waals surface area contributed by atoms with Crippen molar-refractivity contribution in [1.82, 2.24) is 4.90 Å². The maximum atomic E-state index is 11.2. The fourth-order valence-electron chi connectivity index (χ4n) is 1.12. The van der Waals surface area contributed by atoms with Crippen molar-refractivity contribution in [3.05, 3.63) is 0 Å². The van der Waals surface area contributed by atoms with Crippen LogP contribution >= 0.6 is 0 Å². The molecular weight excluding hydrogens is 186 g/mol. The first-order valence-corrected chi connectivity index (χ1v) is 3.77. The fourth-order valence-corrected chi connectivity index (χ4v) is 1.12. The van der Waals surface area contributed by atoms with E-state index in [0.717, 1.165) is 4.90 Å². The Morgan fingerprint density at radius 3 is 3.00 bits per heavy atom. The quantitative estimate of drug-likeness (QED) is 0.450. The van der Waals surface area contributed by atoms with Crippen molar-refractivity contribution in [1.29, 1.82) is 0 Å². The zero-order chi connectivity index (χ0) is 10.7. The van der Waals surface area contributed by atoms with Gasteiger partial charge < -0.3 is 10.5 Å². The topological polar surface area (TPSA) is 85.0 Å². The van der Waals surface area contributed by atoms with E-state index in [1.807, 2.05) is 0 Å². The number of terminal acetylenes is 1. The smallest absolute Gasteiger partial charge is 0.347 e. The van der Waals surface area contributed by atoms with Crippen molar-refractivity contribution in [2.45, 2.75) is 6.04 Å². The van der Waals surface area contributed by atoms with Crippen LogP contribution < -0.4 is 5.73 Å². The summed E-state index contributed by atoms with van der Waals surface area (Å²) in [6.07, 6.45) is 5.03. The monoisotopic (exact) mass is 195 g/mol. The zero-order valence-electron chi connectivity index (χ0n) is 7.56. The van der Waals surface area contributed by atoms with Gasteiger partial charge in [0, 0.05) is 0 Å². The molecule has 0 bridgehead atoms. The lowest BCUT2D eigenvalue weighted by Crippen LogP contribution is -2.46. The Hall–Kier alpha value is -2.03. The summed E-state index contributed by atoms with van der Waals surface area (Å²) >= 11 is 0. The summed E-state index contributed by atoms with van der Waals surface area (Å²) in [5.74, 6) is 1.51. The van der Waals surface area contributed by atoms with E-state index in [0.29, 0.717) is 0 Å². The van der Waals surface area contributed by atoms with Gasteiger partial charge in [-0.25, -0.2) is 9.59 Å². The molecule has 6 nitrogen and oxygen atoms in total. The summed E-state index contributed by atoms with van der Waals surface area (Å²) in [5.41, 5.74) is 5.38. The highest BCUT2D eigenvalue weighted by Gasteiger charge is 2.38. The fraction of sp³-hybridized carbons (Fsp3) is 0.375. The molecule has 1 unspecified atom stereocenters. The number of amides is 2. The number of carbonyl (C=O) groups is 2. The summed E-state index contributed by atoms with van der Waals surface area (Å²) in [7, 11) is 1.20. The van der Waals surface area contributed by atoms with Crippen LogP contribution in [0.5, 0.6) is 0 Å². The number of nitrogens with zero attached hydrogens (tertiary/aromatic N) is 2. The SMILES string of the molecule is C#CCN1C(=O)N=C(N)C1C(=O)OC. The highest BCUT2D eigenvalue weighted by atomic mass is 16.5. The first kappa shape index (κ1) is 10.1. The van der Waals surface area contributed by atoms with Gasteiger partial charge >= 0.3 is 12.0 Å². The third kappa shape index (κ3) is 1.52. The Bertz CT molecular complexity index is 342. The molecule has 6 heteroatoms. The second-order valence-corrected chi connectivity index (χ2v) is 2.58. The Morgan fingerprint density at radius 2 is 2.50 bits per heavy atom. The average molecular weight is 195 g/mol. The van der Waals surface area contributed by atoms with Crippen LogP contribution in [-0.2, 0) is 9.53 Å². The van der Waals surface area contributed by atoms with Crippen molar-refractivity contribution in [2.24, 2.45) is 10.7 Å². The predicted octanol–water partition coefficient (Wildman–Crippen LogP) is -1.05. The largest absolute Gasteiger partial charge is 0.467 e. The molecule has 1 aliphatic heterocycles. The Morgan fingerprint density at radius 1 is 1.86 bits per heavy atom. The molecule has 2 N–H and O–H groups in total. The van der Waals surface area contributed by atoms with Gasteiger partial charge in [0.2, 0.25) is 0 Å². The number of aliphatic imine (C=N–C) groups is 1. The standard InChI is InChI=1S/C8H9N3O3/c1-3-4-11-5(7(12)14-2)6(9)10-8(11)13/h1,5H,4H2,2H3,(H2,9,10,13). The van der Waals surface area contributed by atoms with Crippen molar-refractivity contribution in [2.75, 3.05) is 13.7 Å². The average Bonchev–Trinajstić information content (AvgIpc) is 2.42. The van der Waals surface area contributed by atoms with Gasteiger partial charge in [0.1, 0.15) is 5.84 Å². The van der Waals surface area contributed by atoms with Gasteiger partial charge in [0.05, 0.1) is 13.7 Å².